The number of urea groups is 1. The van der Waals surface area contributed by atoms with Crippen molar-refractivity contribution in [3.05, 3.63) is 0 Å². The molecule has 0 aromatic carbocycles. The van der Waals surface area contributed by atoms with Crippen LogP contribution in [0.1, 0.15) is 13.8 Å². The van der Waals surface area contributed by atoms with Gasteiger partial charge in [0.25, 0.3) is 0 Å². The largest absolute Gasteiger partial charge is 0.465 e. The number of amides is 4. The molecule has 1 fully saturated rings. The number of carbonyl (C=O) groups is 4. The zero-order valence-electron chi connectivity index (χ0n) is 10.2. The van der Waals surface area contributed by atoms with Crippen LogP contribution in [0.15, 0.2) is 0 Å². The summed E-state index contributed by atoms with van der Waals surface area (Å²) in [6, 6.07) is -1.41. The summed E-state index contributed by atoms with van der Waals surface area (Å²) in [6.45, 7) is 2.84. The average molecular weight is 257 g/mol. The number of piperazine rings is 1. The van der Waals surface area contributed by atoms with E-state index in [1.165, 1.54) is 6.92 Å². The van der Waals surface area contributed by atoms with Gasteiger partial charge < -0.3 is 15.0 Å². The van der Waals surface area contributed by atoms with E-state index in [1.54, 1.807) is 6.92 Å². The van der Waals surface area contributed by atoms with Crippen molar-refractivity contribution in [3.8, 4) is 0 Å². The molecule has 0 spiro atoms. The predicted molar refractivity (Wildman–Crippen MR) is 59.3 cm³/mol. The van der Waals surface area contributed by atoms with Gasteiger partial charge in [-0.2, -0.15) is 0 Å². The molecule has 1 aliphatic heterocycles. The summed E-state index contributed by atoms with van der Waals surface area (Å²) in [7, 11) is 0. The molecule has 1 atom stereocenters. The van der Waals surface area contributed by atoms with Crippen molar-refractivity contribution in [2.24, 2.45) is 0 Å². The quantitative estimate of drug-likeness (QED) is 0.478. The highest BCUT2D eigenvalue weighted by Crippen LogP contribution is 2.04. The smallest absolute Gasteiger partial charge is 0.325 e. The van der Waals surface area contributed by atoms with Crippen molar-refractivity contribution in [2.75, 3.05) is 19.7 Å². The van der Waals surface area contributed by atoms with Crippen molar-refractivity contribution in [1.82, 2.24) is 15.5 Å². The first-order valence-corrected chi connectivity index (χ1v) is 5.49. The summed E-state index contributed by atoms with van der Waals surface area (Å²) in [4.78, 5) is 46.2. The Kier molecular flexibility index (Phi) is 4.64. The van der Waals surface area contributed by atoms with E-state index in [4.69, 9.17) is 0 Å². The van der Waals surface area contributed by atoms with Gasteiger partial charge in [0.2, 0.25) is 11.8 Å². The second-order valence-corrected chi connectivity index (χ2v) is 3.68. The van der Waals surface area contributed by atoms with Gasteiger partial charge in [0.15, 0.2) is 0 Å². The first-order valence-electron chi connectivity index (χ1n) is 5.49. The number of carbonyl (C=O) groups excluding carboxylic acids is 4. The van der Waals surface area contributed by atoms with Crippen LogP contribution in [0, 0.1) is 0 Å². The summed E-state index contributed by atoms with van der Waals surface area (Å²) < 4.78 is 4.63. The van der Waals surface area contributed by atoms with Gasteiger partial charge in [0, 0.05) is 0 Å². The maximum Gasteiger partial charge on any atom is 0.325 e. The third kappa shape index (κ3) is 3.44. The molecule has 100 valence electrons. The predicted octanol–water partition coefficient (Wildman–Crippen LogP) is -1.39. The minimum atomic E-state index is -0.759. The van der Waals surface area contributed by atoms with Crippen LogP contribution in [-0.4, -0.2) is 54.5 Å². The lowest BCUT2D eigenvalue weighted by molar-refractivity contribution is -0.141. The molecule has 1 rings (SSSR count). The second-order valence-electron chi connectivity index (χ2n) is 3.68. The third-order valence-electron chi connectivity index (χ3n) is 2.37. The van der Waals surface area contributed by atoms with Crippen LogP contribution in [-0.2, 0) is 19.1 Å². The van der Waals surface area contributed by atoms with E-state index in [0.29, 0.717) is 0 Å². The Balaban J connectivity index is 2.52. The lowest BCUT2D eigenvalue weighted by Gasteiger charge is -2.31. The van der Waals surface area contributed by atoms with Gasteiger partial charge in [-0.15, -0.1) is 0 Å². The molecular weight excluding hydrogens is 242 g/mol. The molecule has 0 aromatic rings. The van der Waals surface area contributed by atoms with Crippen molar-refractivity contribution in [3.63, 3.8) is 0 Å². The van der Waals surface area contributed by atoms with Crippen LogP contribution in [0.4, 0.5) is 4.79 Å². The summed E-state index contributed by atoms with van der Waals surface area (Å²) in [5.74, 6) is -1.67. The van der Waals surface area contributed by atoms with Crippen LogP contribution in [0.2, 0.25) is 0 Å². The Hall–Kier alpha value is -2.12. The Morgan fingerprint density at radius 3 is 2.78 bits per heavy atom. The topological polar surface area (TPSA) is 105 Å². The van der Waals surface area contributed by atoms with Crippen molar-refractivity contribution in [1.29, 1.82) is 0 Å². The molecule has 4 amide bonds. The molecule has 0 aliphatic carbocycles. The van der Waals surface area contributed by atoms with E-state index in [9.17, 15) is 19.2 Å². The van der Waals surface area contributed by atoms with Gasteiger partial charge in [-0.1, -0.05) is 0 Å². The highest BCUT2D eigenvalue weighted by atomic mass is 16.5. The zero-order chi connectivity index (χ0) is 13.7. The Labute approximate surface area is 104 Å². The first kappa shape index (κ1) is 13.9. The highest BCUT2D eigenvalue weighted by molar-refractivity contribution is 6.04. The van der Waals surface area contributed by atoms with Crippen LogP contribution < -0.4 is 10.6 Å². The number of hydrogen-bond acceptors (Lipinski definition) is 5. The van der Waals surface area contributed by atoms with Crippen molar-refractivity contribution >= 4 is 23.8 Å². The molecule has 0 radical (unpaired) electrons. The molecule has 2 N–H and O–H groups in total. The SMILES string of the molecule is CCOC(=O)CNC(=O)N1CC(=O)NC(=O)C1C. The fraction of sp³-hybridized carbons (Fsp3) is 0.600. The molecule has 1 unspecified atom stereocenters. The standard InChI is InChI=1S/C10H15N3O5/c1-3-18-8(15)4-11-10(17)13-5-7(14)12-9(16)6(13)2/h6H,3-5H2,1-2H3,(H,11,17)(H,12,14,16). The Bertz CT molecular complexity index is 382. The van der Waals surface area contributed by atoms with Crippen LogP contribution >= 0.6 is 0 Å². The number of hydrogen-bond donors (Lipinski definition) is 2. The third-order valence-corrected chi connectivity index (χ3v) is 2.37. The number of ether oxygens (including phenoxy) is 1. The van der Waals surface area contributed by atoms with Gasteiger partial charge in [0.1, 0.15) is 19.1 Å². The highest BCUT2D eigenvalue weighted by Gasteiger charge is 2.33. The molecule has 0 saturated carbocycles. The maximum absolute atomic E-state index is 11.7. The van der Waals surface area contributed by atoms with E-state index in [2.05, 4.69) is 15.4 Å². The lowest BCUT2D eigenvalue weighted by atomic mass is 10.2. The number of imide groups is 1. The molecule has 1 aliphatic rings. The lowest BCUT2D eigenvalue weighted by Crippen LogP contribution is -2.60. The minimum absolute atomic E-state index is 0.218. The van der Waals surface area contributed by atoms with Gasteiger partial charge in [-0.25, -0.2) is 4.79 Å². The molecule has 1 saturated heterocycles. The average Bonchev–Trinajstić information content (AvgIpc) is 2.31. The monoisotopic (exact) mass is 257 g/mol. The number of nitrogens with one attached hydrogen (secondary N) is 2. The summed E-state index contributed by atoms with van der Waals surface area (Å²) in [5.41, 5.74) is 0. The van der Waals surface area contributed by atoms with Crippen LogP contribution in [0.25, 0.3) is 0 Å². The Morgan fingerprint density at radius 2 is 2.17 bits per heavy atom. The van der Waals surface area contributed by atoms with Crippen LogP contribution in [0.3, 0.4) is 0 Å². The normalized spacial score (nSPS) is 19.2. The summed E-state index contributed by atoms with van der Waals surface area (Å²) in [6.07, 6.45) is 0. The fourth-order valence-corrected chi connectivity index (χ4v) is 1.42. The van der Waals surface area contributed by atoms with Gasteiger partial charge >= 0.3 is 12.0 Å². The molecule has 1 heterocycles. The van der Waals surface area contributed by atoms with Crippen molar-refractivity contribution in [2.45, 2.75) is 19.9 Å². The zero-order valence-corrected chi connectivity index (χ0v) is 10.2. The molecule has 18 heavy (non-hydrogen) atoms. The van der Waals surface area contributed by atoms with E-state index >= 15 is 0 Å². The van der Waals surface area contributed by atoms with Crippen molar-refractivity contribution < 1.29 is 23.9 Å². The fourth-order valence-electron chi connectivity index (χ4n) is 1.42. The van der Waals surface area contributed by atoms with Crippen LogP contribution in [0.5, 0.6) is 0 Å². The minimum Gasteiger partial charge on any atom is -0.465 e. The summed E-state index contributed by atoms with van der Waals surface area (Å²) in [5, 5.41) is 4.40. The molecule has 0 aromatic heterocycles. The second kappa shape index (κ2) is 5.99. The van der Waals surface area contributed by atoms with Gasteiger partial charge in [0.05, 0.1) is 6.61 Å². The first-order chi connectivity index (χ1) is 8.45. The maximum atomic E-state index is 11.7. The molecule has 8 heteroatoms. The number of nitrogens with zero attached hydrogens (tertiary/aromatic N) is 1. The van der Waals surface area contributed by atoms with E-state index in [-0.39, 0.29) is 19.7 Å². The van der Waals surface area contributed by atoms with E-state index in [1.807, 2.05) is 0 Å². The van der Waals surface area contributed by atoms with Gasteiger partial charge in [-0.3, -0.25) is 19.7 Å². The molecule has 8 nitrogen and oxygen atoms in total. The Morgan fingerprint density at radius 1 is 1.50 bits per heavy atom. The van der Waals surface area contributed by atoms with Gasteiger partial charge in [-0.05, 0) is 13.8 Å². The number of esters is 1. The number of rotatable bonds is 3. The summed E-state index contributed by atoms with van der Waals surface area (Å²) >= 11 is 0. The molecule has 0 bridgehead atoms. The van der Waals surface area contributed by atoms with E-state index in [0.717, 1.165) is 4.90 Å². The van der Waals surface area contributed by atoms with E-state index < -0.39 is 29.9 Å². The molecular formula is C10H15N3O5.